The summed E-state index contributed by atoms with van der Waals surface area (Å²) in [4.78, 5) is 2.57. The summed E-state index contributed by atoms with van der Waals surface area (Å²) in [7, 11) is 1.71. The third-order valence-electron chi connectivity index (χ3n) is 6.12. The summed E-state index contributed by atoms with van der Waals surface area (Å²) < 4.78 is 11.7. The molecule has 0 unspecified atom stereocenters. The molecule has 0 spiro atoms. The molecule has 1 N–H and O–H groups in total. The Labute approximate surface area is 168 Å². The number of anilines is 1. The van der Waals surface area contributed by atoms with Crippen LogP contribution in [0.4, 0.5) is 5.69 Å². The van der Waals surface area contributed by atoms with E-state index in [0.29, 0.717) is 0 Å². The summed E-state index contributed by atoms with van der Waals surface area (Å²) in [6, 6.07) is 8.45. The van der Waals surface area contributed by atoms with E-state index in [0.717, 1.165) is 50.5 Å². The molecule has 2 aliphatic heterocycles. The lowest BCUT2D eigenvalue weighted by molar-refractivity contribution is 0.137. The maximum absolute atomic E-state index is 6.41. The number of hydrogen-bond donors (Lipinski definition) is 1. The Morgan fingerprint density at radius 1 is 1.07 bits per heavy atom. The zero-order chi connectivity index (χ0) is 19.9. The third-order valence-corrected chi connectivity index (χ3v) is 6.12. The first-order chi connectivity index (χ1) is 13.4. The normalized spacial score (nSPS) is 18.0. The Balaban J connectivity index is 1.81. The zero-order valence-electron chi connectivity index (χ0n) is 17.8. The van der Waals surface area contributed by atoms with Crippen molar-refractivity contribution in [1.29, 1.82) is 0 Å². The molecule has 28 heavy (non-hydrogen) atoms. The van der Waals surface area contributed by atoms with Gasteiger partial charge in [-0.25, -0.2) is 0 Å². The van der Waals surface area contributed by atoms with Gasteiger partial charge in [-0.2, -0.15) is 0 Å². The first kappa shape index (κ1) is 19.1. The van der Waals surface area contributed by atoms with E-state index in [1.165, 1.54) is 33.5 Å². The van der Waals surface area contributed by atoms with Crippen LogP contribution in [0.2, 0.25) is 0 Å². The van der Waals surface area contributed by atoms with Crippen LogP contribution in [0.25, 0.3) is 0 Å². The van der Waals surface area contributed by atoms with Crippen molar-refractivity contribution in [3.05, 3.63) is 52.1 Å². The van der Waals surface area contributed by atoms with Gasteiger partial charge in [-0.3, -0.25) is 0 Å². The molecule has 0 radical (unpaired) electrons. The van der Waals surface area contributed by atoms with E-state index >= 15 is 0 Å². The van der Waals surface area contributed by atoms with Crippen LogP contribution < -0.4 is 19.7 Å². The molecule has 2 heterocycles. The van der Waals surface area contributed by atoms with Crippen LogP contribution in [0.3, 0.4) is 0 Å². The number of rotatable bonds is 4. The van der Waals surface area contributed by atoms with Gasteiger partial charge < -0.3 is 19.7 Å². The van der Waals surface area contributed by atoms with E-state index in [1.807, 2.05) is 0 Å². The Morgan fingerprint density at radius 3 is 2.39 bits per heavy atom. The van der Waals surface area contributed by atoms with E-state index in [1.54, 1.807) is 7.11 Å². The minimum absolute atomic E-state index is 0.128. The van der Waals surface area contributed by atoms with Crippen molar-refractivity contribution in [3.8, 4) is 11.5 Å². The van der Waals surface area contributed by atoms with Crippen LogP contribution in [-0.2, 0) is 12.8 Å². The minimum atomic E-state index is -0.128. The molecule has 0 aromatic heterocycles. The van der Waals surface area contributed by atoms with Gasteiger partial charge in [0.25, 0.3) is 0 Å². The van der Waals surface area contributed by atoms with E-state index in [2.05, 4.69) is 62.2 Å². The first-order valence-electron chi connectivity index (χ1n) is 10.3. The predicted molar refractivity (Wildman–Crippen MR) is 115 cm³/mol. The molecule has 0 atom stereocenters. The van der Waals surface area contributed by atoms with Crippen molar-refractivity contribution in [3.63, 3.8) is 0 Å². The van der Waals surface area contributed by atoms with Gasteiger partial charge >= 0.3 is 0 Å². The van der Waals surface area contributed by atoms with Crippen LogP contribution in [0.1, 0.15) is 41.7 Å². The standard InChI is InChI=1S/C24H32N2O2/c1-16-21-15-24(3,4)28-23(21)17(2)20(22(16)26-12-10-25-11-13-26)14-18-6-8-19(27-5)9-7-18/h6-9,25H,10-15H2,1-5H3. The maximum Gasteiger partial charge on any atom is 0.127 e. The number of nitrogens with zero attached hydrogens (tertiary/aromatic N) is 1. The average molecular weight is 381 g/mol. The summed E-state index contributed by atoms with van der Waals surface area (Å²) in [5, 5.41) is 3.49. The van der Waals surface area contributed by atoms with Crippen LogP contribution in [0.5, 0.6) is 11.5 Å². The number of hydrogen-bond acceptors (Lipinski definition) is 4. The van der Waals surface area contributed by atoms with Crippen LogP contribution in [0.15, 0.2) is 24.3 Å². The van der Waals surface area contributed by atoms with E-state index in [-0.39, 0.29) is 5.60 Å². The highest BCUT2D eigenvalue weighted by Gasteiger charge is 2.35. The molecule has 1 saturated heterocycles. The van der Waals surface area contributed by atoms with Gasteiger partial charge in [0.05, 0.1) is 7.11 Å². The molecular weight excluding hydrogens is 348 g/mol. The van der Waals surface area contributed by atoms with Crippen LogP contribution in [-0.4, -0.2) is 38.9 Å². The fourth-order valence-corrected chi connectivity index (χ4v) is 4.65. The third kappa shape index (κ3) is 3.46. The van der Waals surface area contributed by atoms with Gasteiger partial charge in [0.2, 0.25) is 0 Å². The molecule has 0 aliphatic carbocycles. The summed E-state index contributed by atoms with van der Waals surface area (Å²) in [6.07, 6.45) is 1.89. The average Bonchev–Trinajstić information content (AvgIpc) is 3.03. The van der Waals surface area contributed by atoms with Gasteiger partial charge in [0.1, 0.15) is 17.1 Å². The highest BCUT2D eigenvalue weighted by atomic mass is 16.5. The van der Waals surface area contributed by atoms with Crippen molar-refractivity contribution in [2.24, 2.45) is 0 Å². The molecule has 1 fully saturated rings. The summed E-state index contributed by atoms with van der Waals surface area (Å²) in [6.45, 7) is 13.1. The molecule has 0 amide bonds. The molecule has 4 heteroatoms. The Hall–Kier alpha value is -2.20. The second-order valence-electron chi connectivity index (χ2n) is 8.69. The smallest absolute Gasteiger partial charge is 0.127 e. The van der Waals surface area contributed by atoms with Gasteiger partial charge in [-0.05, 0) is 68.5 Å². The molecule has 2 aliphatic rings. The SMILES string of the molecule is COc1ccc(Cc2c(C)c3c(c(C)c2N2CCNCC2)CC(C)(C)O3)cc1. The van der Waals surface area contributed by atoms with Crippen molar-refractivity contribution < 1.29 is 9.47 Å². The lowest BCUT2D eigenvalue weighted by Crippen LogP contribution is -2.44. The molecule has 2 aromatic carbocycles. The number of nitrogens with one attached hydrogen (secondary N) is 1. The van der Waals surface area contributed by atoms with Crippen molar-refractivity contribution in [2.75, 3.05) is 38.2 Å². The Bertz CT molecular complexity index is 865. The molecule has 2 aromatic rings. The second-order valence-corrected chi connectivity index (χ2v) is 8.69. The second kappa shape index (κ2) is 7.32. The van der Waals surface area contributed by atoms with Gasteiger partial charge in [0, 0.05) is 43.9 Å². The highest BCUT2D eigenvalue weighted by Crippen LogP contribution is 2.46. The Kier molecular flexibility index (Phi) is 5.00. The summed E-state index contributed by atoms with van der Waals surface area (Å²) in [5.41, 5.74) is 8.10. The quantitative estimate of drug-likeness (QED) is 0.868. The van der Waals surface area contributed by atoms with Gasteiger partial charge in [0.15, 0.2) is 0 Å². The first-order valence-corrected chi connectivity index (χ1v) is 10.3. The fraction of sp³-hybridized carbons (Fsp3) is 0.500. The van der Waals surface area contributed by atoms with Crippen molar-refractivity contribution >= 4 is 5.69 Å². The molecular formula is C24H32N2O2. The topological polar surface area (TPSA) is 33.7 Å². The predicted octanol–water partition coefficient (Wildman–Crippen LogP) is 4.03. The zero-order valence-corrected chi connectivity index (χ0v) is 17.8. The van der Waals surface area contributed by atoms with Crippen molar-refractivity contribution in [1.82, 2.24) is 5.32 Å². The number of fused-ring (bicyclic) bond motifs is 1. The van der Waals surface area contributed by atoms with Crippen molar-refractivity contribution in [2.45, 2.75) is 46.1 Å². The fourth-order valence-electron chi connectivity index (χ4n) is 4.65. The minimum Gasteiger partial charge on any atom is -0.497 e. The molecule has 4 rings (SSSR count). The summed E-state index contributed by atoms with van der Waals surface area (Å²) in [5.74, 6) is 2.02. The monoisotopic (exact) mass is 380 g/mol. The molecule has 4 nitrogen and oxygen atoms in total. The van der Waals surface area contributed by atoms with Crippen LogP contribution in [0, 0.1) is 13.8 Å². The number of methoxy groups -OCH3 is 1. The lowest BCUT2D eigenvalue weighted by atomic mass is 9.88. The van der Waals surface area contributed by atoms with E-state index in [4.69, 9.17) is 9.47 Å². The van der Waals surface area contributed by atoms with Crippen LogP contribution >= 0.6 is 0 Å². The lowest BCUT2D eigenvalue weighted by Gasteiger charge is -2.34. The molecule has 150 valence electrons. The summed E-state index contributed by atoms with van der Waals surface area (Å²) >= 11 is 0. The maximum atomic E-state index is 6.41. The Morgan fingerprint density at radius 2 is 1.75 bits per heavy atom. The number of piperazine rings is 1. The highest BCUT2D eigenvalue weighted by molar-refractivity contribution is 5.71. The van der Waals surface area contributed by atoms with E-state index in [9.17, 15) is 0 Å². The van der Waals surface area contributed by atoms with Gasteiger partial charge in [-0.15, -0.1) is 0 Å². The van der Waals surface area contributed by atoms with E-state index < -0.39 is 0 Å². The molecule has 0 saturated carbocycles. The van der Waals surface area contributed by atoms with Gasteiger partial charge in [-0.1, -0.05) is 12.1 Å². The number of ether oxygens (including phenoxy) is 2. The molecule has 0 bridgehead atoms. The number of benzene rings is 2. The largest absolute Gasteiger partial charge is 0.497 e.